The van der Waals surface area contributed by atoms with E-state index in [1.807, 2.05) is 4.57 Å². The first-order chi connectivity index (χ1) is 13.9. The fourth-order valence-corrected chi connectivity index (χ4v) is 3.43. The Morgan fingerprint density at radius 2 is 2.00 bits per heavy atom. The molecule has 0 aliphatic heterocycles. The lowest BCUT2D eigenvalue weighted by Gasteiger charge is -2.14. The summed E-state index contributed by atoms with van der Waals surface area (Å²) in [5.41, 5.74) is 0.592. The molecule has 0 unspecified atom stereocenters. The highest BCUT2D eigenvalue weighted by Gasteiger charge is 2.20. The molecule has 0 bridgehead atoms. The second-order valence-electron chi connectivity index (χ2n) is 7.15. The molecule has 0 radical (unpaired) electrons. The number of aromatic amines is 1. The SMILES string of the molecule is C#Cc1c(Cn2c(CC(C)C)nc3nccnc32)c2ccc(F)c(F)c2[nH]c1=O. The van der Waals surface area contributed by atoms with Gasteiger partial charge in [0.2, 0.25) is 0 Å². The van der Waals surface area contributed by atoms with E-state index in [-0.39, 0.29) is 17.6 Å². The Labute approximate surface area is 164 Å². The summed E-state index contributed by atoms with van der Waals surface area (Å²) >= 11 is 0. The lowest BCUT2D eigenvalue weighted by molar-refractivity contribution is 0.515. The number of halogens is 2. The molecule has 0 aliphatic rings. The summed E-state index contributed by atoms with van der Waals surface area (Å²) in [4.78, 5) is 28.0. The van der Waals surface area contributed by atoms with Crippen molar-refractivity contribution in [3.63, 3.8) is 0 Å². The van der Waals surface area contributed by atoms with Crippen LogP contribution in [0.3, 0.4) is 0 Å². The van der Waals surface area contributed by atoms with Gasteiger partial charge in [0.05, 0.1) is 17.6 Å². The standard InChI is InChI=1S/C21H17F2N5O/c1-4-12-14(13-5-6-15(22)17(23)18(13)27-21(12)29)10-28-16(9-11(2)3)26-19-20(28)25-8-7-24-19/h1,5-8,11H,9-10H2,2-3H3,(H,27,29). The molecule has 29 heavy (non-hydrogen) atoms. The first kappa shape index (κ1) is 18.7. The minimum absolute atomic E-state index is 0.0599. The van der Waals surface area contributed by atoms with Crippen LogP contribution in [0.1, 0.15) is 30.8 Å². The third kappa shape index (κ3) is 3.14. The monoisotopic (exact) mass is 393 g/mol. The van der Waals surface area contributed by atoms with E-state index >= 15 is 0 Å². The van der Waals surface area contributed by atoms with Crippen LogP contribution < -0.4 is 5.56 Å². The number of rotatable bonds is 4. The van der Waals surface area contributed by atoms with Crippen molar-refractivity contribution in [3.8, 4) is 12.3 Å². The highest BCUT2D eigenvalue weighted by molar-refractivity contribution is 5.85. The van der Waals surface area contributed by atoms with Gasteiger partial charge in [0.1, 0.15) is 5.82 Å². The van der Waals surface area contributed by atoms with Crippen molar-refractivity contribution in [1.29, 1.82) is 0 Å². The molecule has 0 saturated carbocycles. The predicted molar refractivity (Wildman–Crippen MR) is 105 cm³/mol. The molecule has 1 N–H and O–H groups in total. The van der Waals surface area contributed by atoms with E-state index in [0.29, 0.717) is 34.6 Å². The van der Waals surface area contributed by atoms with Crippen LogP contribution in [0, 0.1) is 29.9 Å². The Kier molecular flexibility index (Phi) is 4.59. The van der Waals surface area contributed by atoms with E-state index < -0.39 is 17.2 Å². The van der Waals surface area contributed by atoms with Gasteiger partial charge in [0, 0.05) is 29.8 Å². The van der Waals surface area contributed by atoms with Crippen LogP contribution in [-0.4, -0.2) is 24.5 Å². The number of nitrogens with zero attached hydrogens (tertiary/aromatic N) is 4. The second-order valence-corrected chi connectivity index (χ2v) is 7.15. The van der Waals surface area contributed by atoms with Gasteiger partial charge >= 0.3 is 0 Å². The second kappa shape index (κ2) is 7.09. The van der Waals surface area contributed by atoms with Gasteiger partial charge in [-0.25, -0.2) is 23.7 Å². The molecule has 8 heteroatoms. The van der Waals surface area contributed by atoms with Crippen LogP contribution in [0.25, 0.3) is 22.2 Å². The number of benzene rings is 1. The number of hydrogen-bond donors (Lipinski definition) is 1. The Balaban J connectivity index is 2.01. The average molecular weight is 393 g/mol. The van der Waals surface area contributed by atoms with Crippen molar-refractivity contribution in [3.05, 3.63) is 63.5 Å². The molecule has 0 amide bonds. The maximum absolute atomic E-state index is 14.3. The molecule has 0 saturated heterocycles. The quantitative estimate of drug-likeness (QED) is 0.541. The number of terminal acetylenes is 1. The Morgan fingerprint density at radius 3 is 2.72 bits per heavy atom. The maximum Gasteiger partial charge on any atom is 0.264 e. The lowest BCUT2D eigenvalue weighted by Crippen LogP contribution is -2.18. The van der Waals surface area contributed by atoms with Gasteiger partial charge in [0.15, 0.2) is 22.9 Å². The van der Waals surface area contributed by atoms with Crippen molar-refractivity contribution in [1.82, 2.24) is 24.5 Å². The predicted octanol–water partition coefficient (Wildman–Crippen LogP) is 3.17. The van der Waals surface area contributed by atoms with E-state index in [4.69, 9.17) is 6.42 Å². The van der Waals surface area contributed by atoms with Crippen LogP contribution in [0.2, 0.25) is 0 Å². The van der Waals surface area contributed by atoms with Gasteiger partial charge in [-0.2, -0.15) is 0 Å². The molecule has 4 aromatic rings. The number of aromatic nitrogens is 5. The normalized spacial score (nSPS) is 11.4. The van der Waals surface area contributed by atoms with Gasteiger partial charge in [-0.3, -0.25) is 4.79 Å². The number of nitrogens with one attached hydrogen (secondary N) is 1. The highest BCUT2D eigenvalue weighted by Crippen LogP contribution is 2.25. The first-order valence-electron chi connectivity index (χ1n) is 9.06. The average Bonchev–Trinajstić information content (AvgIpc) is 3.02. The summed E-state index contributed by atoms with van der Waals surface area (Å²) in [5.74, 6) is 1.24. The molecule has 6 nitrogen and oxygen atoms in total. The molecule has 0 aliphatic carbocycles. The number of fused-ring (bicyclic) bond motifs is 2. The summed E-state index contributed by atoms with van der Waals surface area (Å²) in [7, 11) is 0. The Hall–Kier alpha value is -3.60. The van der Waals surface area contributed by atoms with Gasteiger partial charge in [-0.15, -0.1) is 6.42 Å². The fourth-order valence-electron chi connectivity index (χ4n) is 3.43. The maximum atomic E-state index is 14.3. The molecule has 4 rings (SSSR count). The highest BCUT2D eigenvalue weighted by atomic mass is 19.2. The summed E-state index contributed by atoms with van der Waals surface area (Å²) in [6.45, 7) is 4.23. The summed E-state index contributed by atoms with van der Waals surface area (Å²) in [5, 5.41) is 0.331. The van der Waals surface area contributed by atoms with Crippen LogP contribution in [0.5, 0.6) is 0 Å². The van der Waals surface area contributed by atoms with E-state index in [1.165, 1.54) is 6.07 Å². The molecule has 3 heterocycles. The number of pyridine rings is 1. The minimum atomic E-state index is -1.12. The zero-order valence-electron chi connectivity index (χ0n) is 15.8. The smallest absolute Gasteiger partial charge is 0.264 e. The van der Waals surface area contributed by atoms with Gasteiger partial charge in [-0.1, -0.05) is 19.8 Å². The number of H-pyrrole nitrogens is 1. The van der Waals surface area contributed by atoms with Crippen molar-refractivity contribution in [2.75, 3.05) is 0 Å². The molecule has 0 atom stereocenters. The fraction of sp³-hybridized carbons (Fsp3) is 0.238. The van der Waals surface area contributed by atoms with Gasteiger partial charge in [-0.05, 0) is 18.1 Å². The topological polar surface area (TPSA) is 76.5 Å². The van der Waals surface area contributed by atoms with Crippen molar-refractivity contribution in [2.45, 2.75) is 26.8 Å². The van der Waals surface area contributed by atoms with Gasteiger partial charge in [0.25, 0.3) is 5.56 Å². The minimum Gasteiger partial charge on any atom is -0.318 e. The molecule has 1 aromatic carbocycles. The molecule has 0 fully saturated rings. The third-order valence-electron chi connectivity index (χ3n) is 4.70. The summed E-state index contributed by atoms with van der Waals surface area (Å²) in [6.07, 6.45) is 9.32. The van der Waals surface area contributed by atoms with Crippen LogP contribution in [0.4, 0.5) is 8.78 Å². The van der Waals surface area contributed by atoms with Crippen molar-refractivity contribution >= 4 is 22.2 Å². The molecular weight excluding hydrogens is 376 g/mol. The van der Waals surface area contributed by atoms with E-state index in [2.05, 4.69) is 39.7 Å². The molecular formula is C21H17F2N5O. The zero-order chi connectivity index (χ0) is 20.7. The first-order valence-corrected chi connectivity index (χ1v) is 9.06. The van der Waals surface area contributed by atoms with E-state index in [1.54, 1.807) is 12.4 Å². The van der Waals surface area contributed by atoms with Crippen LogP contribution in [-0.2, 0) is 13.0 Å². The van der Waals surface area contributed by atoms with E-state index in [9.17, 15) is 13.6 Å². The lowest BCUT2D eigenvalue weighted by atomic mass is 10.0. The molecule has 3 aromatic heterocycles. The summed E-state index contributed by atoms with van der Waals surface area (Å²) in [6, 6.07) is 2.42. The van der Waals surface area contributed by atoms with Crippen molar-refractivity contribution < 1.29 is 8.78 Å². The van der Waals surface area contributed by atoms with Crippen LogP contribution >= 0.6 is 0 Å². The number of imidazole rings is 1. The van der Waals surface area contributed by atoms with Crippen LogP contribution in [0.15, 0.2) is 29.3 Å². The third-order valence-corrected chi connectivity index (χ3v) is 4.70. The molecule has 0 spiro atoms. The molecule has 146 valence electrons. The van der Waals surface area contributed by atoms with Gasteiger partial charge < -0.3 is 9.55 Å². The van der Waals surface area contributed by atoms with E-state index in [0.717, 1.165) is 11.9 Å². The largest absolute Gasteiger partial charge is 0.318 e. The van der Waals surface area contributed by atoms with Crippen molar-refractivity contribution in [2.24, 2.45) is 5.92 Å². The zero-order valence-corrected chi connectivity index (χ0v) is 15.8. The Morgan fingerprint density at radius 1 is 1.24 bits per heavy atom. The number of hydrogen-bond acceptors (Lipinski definition) is 4. The summed E-state index contributed by atoms with van der Waals surface area (Å²) < 4.78 is 29.9. The Bertz CT molecular complexity index is 1350.